The van der Waals surface area contributed by atoms with Gasteiger partial charge in [0.15, 0.2) is 0 Å². The van der Waals surface area contributed by atoms with Gasteiger partial charge in [-0.25, -0.2) is 9.78 Å². The van der Waals surface area contributed by atoms with Crippen LogP contribution < -0.4 is 10.3 Å². The number of nitrogens with zero attached hydrogens (tertiary/aromatic N) is 2. The Hall–Kier alpha value is -3.61. The summed E-state index contributed by atoms with van der Waals surface area (Å²) < 4.78 is 7.89. The number of carboxylic acids is 1. The van der Waals surface area contributed by atoms with Crippen LogP contribution in [0.5, 0.6) is 5.75 Å². The number of aryl methyl sites for hydroxylation is 3. The fourth-order valence-corrected chi connectivity index (χ4v) is 5.44. The summed E-state index contributed by atoms with van der Waals surface area (Å²) >= 11 is 13.0. The number of benzene rings is 3. The number of carboxylic acid groups (broad SMARTS) is 1. The van der Waals surface area contributed by atoms with Gasteiger partial charge in [0.05, 0.1) is 33.4 Å². The van der Waals surface area contributed by atoms with E-state index in [0.717, 1.165) is 53.9 Å². The molecule has 0 spiro atoms. The maximum atomic E-state index is 14.0. The molecule has 6 nitrogen and oxygen atoms in total. The van der Waals surface area contributed by atoms with Crippen LogP contribution in [0.25, 0.3) is 11.1 Å². The summed E-state index contributed by atoms with van der Waals surface area (Å²) in [5, 5.41) is 9.96. The van der Waals surface area contributed by atoms with Crippen LogP contribution in [0, 0.1) is 6.92 Å². The average molecular weight is 594 g/mol. The topological polar surface area (TPSA) is 81.4 Å². The zero-order valence-electron chi connectivity index (χ0n) is 23.5. The Morgan fingerprint density at radius 2 is 1.61 bits per heavy atom. The molecule has 8 heteroatoms. The van der Waals surface area contributed by atoms with Crippen LogP contribution in [0.2, 0.25) is 10.0 Å². The summed E-state index contributed by atoms with van der Waals surface area (Å²) in [4.78, 5) is 30.0. The van der Waals surface area contributed by atoms with Crippen molar-refractivity contribution in [3.05, 3.63) is 115 Å². The van der Waals surface area contributed by atoms with Gasteiger partial charge >= 0.3 is 5.97 Å². The molecule has 4 aromatic rings. The Kier molecular flexibility index (Phi) is 10.2. The van der Waals surface area contributed by atoms with Crippen LogP contribution in [-0.2, 0) is 26.0 Å². The monoisotopic (exact) mass is 592 g/mol. The number of rotatable bonds is 12. The summed E-state index contributed by atoms with van der Waals surface area (Å²) in [5.74, 6) is 0.548. The van der Waals surface area contributed by atoms with E-state index in [2.05, 4.69) is 19.9 Å². The maximum Gasteiger partial charge on any atom is 0.335 e. The number of ether oxygens (including phenoxy) is 1. The van der Waals surface area contributed by atoms with Crippen molar-refractivity contribution in [2.45, 2.75) is 66.0 Å². The fraction of sp³-hybridized carbons (Fsp3) is 0.303. The normalized spacial score (nSPS) is 11.0. The van der Waals surface area contributed by atoms with Gasteiger partial charge in [-0.2, -0.15) is 0 Å². The van der Waals surface area contributed by atoms with Crippen LogP contribution in [0.1, 0.15) is 71.7 Å². The second kappa shape index (κ2) is 13.8. The molecule has 0 unspecified atom stereocenters. The second-order valence-corrected chi connectivity index (χ2v) is 10.9. The van der Waals surface area contributed by atoms with Crippen LogP contribution >= 0.6 is 23.2 Å². The lowest BCUT2D eigenvalue weighted by atomic mass is 10.0. The van der Waals surface area contributed by atoms with E-state index in [1.165, 1.54) is 0 Å². The lowest BCUT2D eigenvalue weighted by Crippen LogP contribution is -2.28. The lowest BCUT2D eigenvalue weighted by Gasteiger charge is -2.18. The van der Waals surface area contributed by atoms with E-state index in [0.29, 0.717) is 46.4 Å². The van der Waals surface area contributed by atoms with Crippen LogP contribution in [0.3, 0.4) is 0 Å². The van der Waals surface area contributed by atoms with Crippen LogP contribution in [0.4, 0.5) is 0 Å². The first kappa shape index (κ1) is 30.4. The molecule has 4 rings (SSSR count). The van der Waals surface area contributed by atoms with Crippen molar-refractivity contribution in [3.63, 3.8) is 0 Å². The van der Waals surface area contributed by atoms with Gasteiger partial charge in [-0.05, 0) is 66.8 Å². The first-order valence-electron chi connectivity index (χ1n) is 13.8. The van der Waals surface area contributed by atoms with E-state index in [1.807, 2.05) is 19.1 Å². The quantitative estimate of drug-likeness (QED) is 0.179. The predicted molar refractivity (Wildman–Crippen MR) is 165 cm³/mol. The highest BCUT2D eigenvalue weighted by atomic mass is 35.5. The first-order valence-corrected chi connectivity index (χ1v) is 14.6. The molecule has 1 N–H and O–H groups in total. The third-order valence-corrected chi connectivity index (χ3v) is 7.61. The minimum absolute atomic E-state index is 0.166. The van der Waals surface area contributed by atoms with Crippen molar-refractivity contribution in [2.75, 3.05) is 0 Å². The van der Waals surface area contributed by atoms with Gasteiger partial charge in [0.25, 0.3) is 5.56 Å². The molecule has 0 aliphatic carbocycles. The first-order chi connectivity index (χ1) is 19.7. The van der Waals surface area contributed by atoms with Gasteiger partial charge in [-0.15, -0.1) is 0 Å². The Bertz CT molecular complexity index is 1580. The van der Waals surface area contributed by atoms with Crippen molar-refractivity contribution in [2.24, 2.45) is 0 Å². The third kappa shape index (κ3) is 7.19. The van der Waals surface area contributed by atoms with Crippen LogP contribution in [0.15, 0.2) is 65.5 Å². The van der Waals surface area contributed by atoms with Gasteiger partial charge in [0.2, 0.25) is 0 Å². The molecule has 0 aliphatic heterocycles. The predicted octanol–water partition coefficient (Wildman–Crippen LogP) is 8.15. The van der Waals surface area contributed by atoms with Crippen molar-refractivity contribution in [1.82, 2.24) is 9.55 Å². The number of aromatic carboxylic acids is 1. The summed E-state index contributed by atoms with van der Waals surface area (Å²) in [6.07, 6.45) is 4.33. The van der Waals surface area contributed by atoms with Gasteiger partial charge in [-0.3, -0.25) is 9.36 Å². The highest BCUT2D eigenvalue weighted by Gasteiger charge is 2.20. The van der Waals surface area contributed by atoms with Gasteiger partial charge in [-0.1, -0.05) is 80.2 Å². The molecule has 0 radical (unpaired) electrons. The zero-order valence-corrected chi connectivity index (χ0v) is 25.1. The SMILES string of the molecule is CCCCc1nc(C)c(-c2c(Cl)cccc2Cl)c(=O)n1Cc1ccc(OCc2ccc(C(=O)O)cc2)c(CCC)c1. The summed E-state index contributed by atoms with van der Waals surface area (Å²) in [6.45, 7) is 6.73. The number of unbranched alkanes of at least 4 members (excludes halogenated alkanes) is 1. The van der Waals surface area contributed by atoms with Crippen molar-refractivity contribution in [3.8, 4) is 16.9 Å². The summed E-state index contributed by atoms with van der Waals surface area (Å²) in [7, 11) is 0. The molecule has 1 heterocycles. The van der Waals surface area contributed by atoms with E-state index in [1.54, 1.807) is 47.0 Å². The smallest absolute Gasteiger partial charge is 0.335 e. The Labute approximate surface area is 250 Å². The van der Waals surface area contributed by atoms with Crippen molar-refractivity contribution >= 4 is 29.2 Å². The number of hydrogen-bond donors (Lipinski definition) is 1. The molecule has 214 valence electrons. The van der Waals surface area contributed by atoms with E-state index < -0.39 is 5.97 Å². The molecule has 0 atom stereocenters. The zero-order chi connectivity index (χ0) is 29.5. The number of carbonyl (C=O) groups is 1. The molecule has 0 saturated carbocycles. The minimum atomic E-state index is -0.957. The van der Waals surface area contributed by atoms with Gasteiger partial charge < -0.3 is 9.84 Å². The molecule has 0 fully saturated rings. The summed E-state index contributed by atoms with van der Waals surface area (Å²) in [6, 6.07) is 17.9. The number of hydrogen-bond acceptors (Lipinski definition) is 4. The largest absolute Gasteiger partial charge is 0.489 e. The van der Waals surface area contributed by atoms with E-state index in [4.69, 9.17) is 38.0 Å². The standard InChI is InChI=1S/C33H34Cl2N2O4/c1-4-6-11-29-36-21(3)30(31-26(34)9-7-10-27(31)35)32(38)37(29)19-23-14-17-28(25(18-23)8-5-2)41-20-22-12-15-24(16-13-22)33(39)40/h7,9-10,12-18H,4-6,8,11,19-20H2,1-3H3,(H,39,40). The Balaban J connectivity index is 1.68. The summed E-state index contributed by atoms with van der Waals surface area (Å²) in [5.41, 5.74) is 4.50. The van der Waals surface area contributed by atoms with E-state index in [9.17, 15) is 9.59 Å². The second-order valence-electron chi connectivity index (χ2n) is 10.1. The fourth-order valence-electron chi connectivity index (χ4n) is 4.85. The number of aromatic nitrogens is 2. The third-order valence-electron chi connectivity index (χ3n) is 6.98. The molecule has 0 saturated heterocycles. The molecule has 41 heavy (non-hydrogen) atoms. The highest BCUT2D eigenvalue weighted by Crippen LogP contribution is 2.34. The molecule has 0 amide bonds. The minimum Gasteiger partial charge on any atom is -0.489 e. The Morgan fingerprint density at radius 1 is 0.927 bits per heavy atom. The molecular formula is C33H34Cl2N2O4. The van der Waals surface area contributed by atoms with E-state index in [-0.39, 0.29) is 11.1 Å². The van der Waals surface area contributed by atoms with Crippen molar-refractivity contribution in [1.29, 1.82) is 0 Å². The molecule has 0 aliphatic rings. The van der Waals surface area contributed by atoms with Crippen LogP contribution in [-0.4, -0.2) is 20.6 Å². The average Bonchev–Trinajstić information content (AvgIpc) is 2.95. The maximum absolute atomic E-state index is 14.0. The van der Waals surface area contributed by atoms with Gasteiger partial charge in [0, 0.05) is 12.0 Å². The molecular weight excluding hydrogens is 559 g/mol. The molecule has 1 aromatic heterocycles. The highest BCUT2D eigenvalue weighted by molar-refractivity contribution is 6.39. The van der Waals surface area contributed by atoms with E-state index >= 15 is 0 Å². The Morgan fingerprint density at radius 3 is 2.24 bits per heavy atom. The number of halogens is 2. The van der Waals surface area contributed by atoms with Crippen molar-refractivity contribution < 1.29 is 14.6 Å². The lowest BCUT2D eigenvalue weighted by molar-refractivity contribution is 0.0697. The molecule has 0 bridgehead atoms. The molecule has 3 aromatic carbocycles. The van der Waals surface area contributed by atoms with Gasteiger partial charge in [0.1, 0.15) is 18.2 Å².